The third-order valence-corrected chi connectivity index (χ3v) is 6.55. The second kappa shape index (κ2) is 12.7. The van der Waals surface area contributed by atoms with Crippen LogP contribution in [0, 0.1) is 0 Å². The summed E-state index contributed by atoms with van der Waals surface area (Å²) in [5.41, 5.74) is 2.11. The predicted octanol–water partition coefficient (Wildman–Crippen LogP) is 6.17. The van der Waals surface area contributed by atoms with Crippen LogP contribution < -0.4 is 15.4 Å². The van der Waals surface area contributed by atoms with Crippen LogP contribution in [0.15, 0.2) is 59.5 Å². The molecule has 0 saturated carbocycles. The Morgan fingerprint density at radius 2 is 1.73 bits per heavy atom. The van der Waals surface area contributed by atoms with Crippen molar-refractivity contribution in [3.63, 3.8) is 0 Å². The lowest BCUT2D eigenvalue weighted by molar-refractivity contribution is -0.116. The smallest absolute Gasteiger partial charge is 0.322 e. The molecule has 0 fully saturated rings. The van der Waals surface area contributed by atoms with Crippen molar-refractivity contribution in [2.45, 2.75) is 50.8 Å². The maximum atomic E-state index is 13.2. The van der Waals surface area contributed by atoms with Gasteiger partial charge in [0, 0.05) is 28.6 Å². The number of nitrogens with one attached hydrogen (secondary N) is 2. The molecule has 37 heavy (non-hydrogen) atoms. The molecular formula is C28H37N5O3S. The van der Waals surface area contributed by atoms with Crippen molar-refractivity contribution in [1.82, 2.24) is 14.7 Å². The van der Waals surface area contributed by atoms with Crippen LogP contribution in [0.4, 0.5) is 16.3 Å². The number of unbranched alkanes of at least 4 members (excludes halogenated alkanes) is 1. The summed E-state index contributed by atoms with van der Waals surface area (Å²) in [5.74, 6) is 0.987. The Morgan fingerprint density at radius 1 is 1.05 bits per heavy atom. The van der Waals surface area contributed by atoms with Crippen molar-refractivity contribution in [3.05, 3.63) is 60.3 Å². The predicted molar refractivity (Wildman–Crippen MR) is 151 cm³/mol. The number of aromatic nitrogens is 2. The second-order valence-corrected chi connectivity index (χ2v) is 10.6. The van der Waals surface area contributed by atoms with E-state index in [4.69, 9.17) is 9.84 Å². The summed E-state index contributed by atoms with van der Waals surface area (Å²) in [6.45, 7) is 8.67. The summed E-state index contributed by atoms with van der Waals surface area (Å²) in [4.78, 5) is 28.9. The maximum Gasteiger partial charge on any atom is 0.322 e. The number of hydrogen-bond donors (Lipinski definition) is 2. The summed E-state index contributed by atoms with van der Waals surface area (Å²) in [5, 5.41) is 10.6. The highest BCUT2D eigenvalue weighted by atomic mass is 32.2. The number of carbonyl (C=O) groups is 2. The van der Waals surface area contributed by atoms with Crippen molar-refractivity contribution in [2.24, 2.45) is 0 Å². The largest absolute Gasteiger partial charge is 0.497 e. The molecular weight excluding hydrogens is 486 g/mol. The molecule has 0 unspecified atom stereocenters. The Kier molecular flexibility index (Phi) is 9.63. The van der Waals surface area contributed by atoms with Crippen LogP contribution in [0.2, 0.25) is 0 Å². The van der Waals surface area contributed by atoms with Gasteiger partial charge in [0.2, 0.25) is 5.91 Å². The highest BCUT2D eigenvalue weighted by molar-refractivity contribution is 7.98. The van der Waals surface area contributed by atoms with Gasteiger partial charge in [-0.3, -0.25) is 4.79 Å². The molecule has 0 radical (unpaired) electrons. The number of benzene rings is 2. The number of carbonyl (C=O) groups excluding carboxylic acids is 2. The van der Waals surface area contributed by atoms with Gasteiger partial charge in [-0.05, 0) is 61.2 Å². The molecule has 0 aliphatic heterocycles. The van der Waals surface area contributed by atoms with Crippen LogP contribution in [0.5, 0.6) is 5.75 Å². The van der Waals surface area contributed by atoms with Crippen LogP contribution in [-0.2, 0) is 10.2 Å². The number of rotatable bonds is 10. The average molecular weight is 524 g/mol. The van der Waals surface area contributed by atoms with Crippen molar-refractivity contribution in [2.75, 3.05) is 37.1 Å². The lowest BCUT2D eigenvalue weighted by Crippen LogP contribution is -2.41. The first-order valence-electron chi connectivity index (χ1n) is 12.4. The summed E-state index contributed by atoms with van der Waals surface area (Å²) in [6, 6.07) is 16.7. The highest BCUT2D eigenvalue weighted by Gasteiger charge is 2.23. The first-order chi connectivity index (χ1) is 17.6. The van der Waals surface area contributed by atoms with E-state index < -0.39 is 0 Å². The third-order valence-electron chi connectivity index (χ3n) is 5.81. The molecule has 0 spiro atoms. The molecule has 2 aromatic carbocycles. The highest BCUT2D eigenvalue weighted by Crippen LogP contribution is 2.27. The summed E-state index contributed by atoms with van der Waals surface area (Å²) in [7, 11) is 1.62. The quantitative estimate of drug-likeness (QED) is 0.310. The molecule has 3 amide bonds. The number of hydrogen-bond acceptors (Lipinski definition) is 5. The van der Waals surface area contributed by atoms with E-state index in [1.165, 1.54) is 0 Å². The molecule has 3 rings (SSSR count). The molecule has 0 atom stereocenters. The Labute approximate surface area is 223 Å². The summed E-state index contributed by atoms with van der Waals surface area (Å²) < 4.78 is 6.98. The molecule has 3 aromatic rings. The molecule has 2 N–H and O–H groups in total. The van der Waals surface area contributed by atoms with Gasteiger partial charge >= 0.3 is 6.03 Å². The second-order valence-electron chi connectivity index (χ2n) is 9.76. The minimum absolute atomic E-state index is 0.0760. The van der Waals surface area contributed by atoms with Gasteiger partial charge in [0.05, 0.1) is 18.5 Å². The van der Waals surface area contributed by atoms with E-state index in [1.54, 1.807) is 28.5 Å². The first kappa shape index (κ1) is 28.1. The van der Waals surface area contributed by atoms with Crippen LogP contribution in [-0.4, -0.2) is 53.1 Å². The number of amides is 3. The van der Waals surface area contributed by atoms with Crippen molar-refractivity contribution < 1.29 is 14.3 Å². The zero-order valence-electron chi connectivity index (χ0n) is 22.5. The number of thioether (sulfide) groups is 1. The van der Waals surface area contributed by atoms with Gasteiger partial charge in [-0.15, -0.1) is 11.8 Å². The standard InChI is InChI=1S/C28H37N5O3S/c1-7-8-17-32(27(35)29-20-9-15-23(37-6)16-10-20)19-26(34)30-25-18-24(28(2,3)4)31-33(25)21-11-13-22(36-5)14-12-21/h9-16,18H,7-8,17,19H2,1-6H3,(H,29,35)(H,30,34). The zero-order chi connectivity index (χ0) is 27.0. The summed E-state index contributed by atoms with van der Waals surface area (Å²) >= 11 is 1.64. The molecule has 8 nitrogen and oxygen atoms in total. The fourth-order valence-electron chi connectivity index (χ4n) is 3.59. The van der Waals surface area contributed by atoms with Gasteiger partial charge in [-0.25, -0.2) is 9.48 Å². The van der Waals surface area contributed by atoms with E-state index in [9.17, 15) is 9.59 Å². The van der Waals surface area contributed by atoms with Crippen LogP contribution in [0.1, 0.15) is 46.2 Å². The van der Waals surface area contributed by atoms with Crippen LogP contribution >= 0.6 is 11.8 Å². The van der Waals surface area contributed by atoms with Crippen molar-refractivity contribution >= 4 is 35.2 Å². The van der Waals surface area contributed by atoms with E-state index in [0.29, 0.717) is 18.1 Å². The van der Waals surface area contributed by atoms with Gasteiger partial charge in [-0.2, -0.15) is 5.10 Å². The average Bonchev–Trinajstić information content (AvgIpc) is 3.31. The van der Waals surface area contributed by atoms with Gasteiger partial charge in [0.1, 0.15) is 18.1 Å². The molecule has 9 heteroatoms. The van der Waals surface area contributed by atoms with Gasteiger partial charge in [-0.1, -0.05) is 34.1 Å². The molecule has 0 aliphatic carbocycles. The topological polar surface area (TPSA) is 88.5 Å². The Bertz CT molecular complexity index is 1180. The Hall–Kier alpha value is -3.46. The maximum absolute atomic E-state index is 13.2. The van der Waals surface area contributed by atoms with Crippen molar-refractivity contribution in [3.8, 4) is 11.4 Å². The fraction of sp³-hybridized carbons (Fsp3) is 0.393. The lowest BCUT2D eigenvalue weighted by Gasteiger charge is -2.22. The minimum atomic E-state index is -0.306. The van der Waals surface area contributed by atoms with E-state index in [2.05, 4.69) is 38.3 Å². The fourth-order valence-corrected chi connectivity index (χ4v) is 4.00. The number of urea groups is 1. The normalized spacial score (nSPS) is 11.2. The number of nitrogens with zero attached hydrogens (tertiary/aromatic N) is 3. The van der Waals surface area contributed by atoms with Gasteiger partial charge in [0.15, 0.2) is 0 Å². The SMILES string of the molecule is CCCCN(CC(=O)Nc1cc(C(C)(C)C)nn1-c1ccc(OC)cc1)C(=O)Nc1ccc(SC)cc1. The van der Waals surface area contributed by atoms with Crippen molar-refractivity contribution in [1.29, 1.82) is 0 Å². The van der Waals surface area contributed by atoms with E-state index in [1.807, 2.05) is 60.9 Å². The number of ether oxygens (including phenoxy) is 1. The molecule has 0 aliphatic rings. The van der Waals surface area contributed by atoms with Crippen LogP contribution in [0.25, 0.3) is 5.69 Å². The zero-order valence-corrected chi connectivity index (χ0v) is 23.3. The molecule has 0 saturated heterocycles. The molecule has 1 heterocycles. The molecule has 198 valence electrons. The van der Waals surface area contributed by atoms with Gasteiger partial charge < -0.3 is 20.3 Å². The minimum Gasteiger partial charge on any atom is -0.497 e. The summed E-state index contributed by atoms with van der Waals surface area (Å²) in [6.07, 6.45) is 3.71. The number of methoxy groups -OCH3 is 1. The molecule has 1 aromatic heterocycles. The first-order valence-corrected chi connectivity index (χ1v) is 13.6. The Morgan fingerprint density at radius 3 is 2.30 bits per heavy atom. The monoisotopic (exact) mass is 523 g/mol. The van der Waals surface area contributed by atoms with Gasteiger partial charge in [0.25, 0.3) is 0 Å². The lowest BCUT2D eigenvalue weighted by atomic mass is 9.92. The van der Waals surface area contributed by atoms with E-state index in [-0.39, 0.29) is 23.9 Å². The van der Waals surface area contributed by atoms with E-state index in [0.717, 1.165) is 34.9 Å². The van der Waals surface area contributed by atoms with E-state index >= 15 is 0 Å². The molecule has 0 bridgehead atoms. The third kappa shape index (κ3) is 7.76. The Balaban J connectivity index is 1.79. The number of anilines is 2. The van der Waals surface area contributed by atoms with Crippen LogP contribution in [0.3, 0.4) is 0 Å².